The Hall–Kier alpha value is -1.02. The second-order valence-corrected chi connectivity index (χ2v) is 6.23. The van der Waals surface area contributed by atoms with Crippen LogP contribution in [0.3, 0.4) is 0 Å². The van der Waals surface area contributed by atoms with E-state index in [-0.39, 0.29) is 24.0 Å². The summed E-state index contributed by atoms with van der Waals surface area (Å²) in [4.78, 5) is 6.76. The first kappa shape index (κ1) is 25.0. The Labute approximate surface area is 177 Å². The monoisotopic (exact) mass is 476 g/mol. The number of aryl methyl sites for hydroxylation is 1. The molecule has 0 unspecified atom stereocenters. The van der Waals surface area contributed by atoms with Crippen LogP contribution in [-0.4, -0.2) is 57.7 Å². The second kappa shape index (κ2) is 15.1. The largest absolute Gasteiger partial charge is 0.496 e. The summed E-state index contributed by atoms with van der Waals surface area (Å²) in [6.07, 6.45) is 3.28. The Morgan fingerprint density at radius 3 is 2.42 bits per heavy atom. The first-order valence-corrected chi connectivity index (χ1v) is 9.44. The maximum absolute atomic E-state index is 5.44. The maximum Gasteiger partial charge on any atom is 0.190 e. The number of methoxy groups -OCH3 is 1. The molecule has 0 heterocycles. The number of nitrogens with one attached hydrogen (secondary N) is 2. The van der Waals surface area contributed by atoms with Crippen molar-refractivity contribution in [3.8, 4) is 5.75 Å². The number of benzene rings is 1. The van der Waals surface area contributed by atoms with Gasteiger partial charge in [-0.05, 0) is 57.5 Å². The molecule has 0 aliphatic carbocycles. The van der Waals surface area contributed by atoms with Gasteiger partial charge in [-0.25, -0.2) is 0 Å². The van der Waals surface area contributed by atoms with Crippen LogP contribution in [0, 0.1) is 6.92 Å². The fourth-order valence-electron chi connectivity index (χ4n) is 2.85. The molecule has 0 amide bonds. The molecule has 1 aromatic carbocycles. The zero-order valence-corrected chi connectivity index (χ0v) is 19.4. The van der Waals surface area contributed by atoms with Gasteiger partial charge in [0.05, 0.1) is 7.11 Å². The summed E-state index contributed by atoms with van der Waals surface area (Å²) in [5, 5.41) is 6.78. The van der Waals surface area contributed by atoms with Crippen LogP contribution in [0.2, 0.25) is 0 Å². The lowest BCUT2D eigenvalue weighted by Gasteiger charge is -2.18. The first-order valence-electron chi connectivity index (χ1n) is 9.44. The van der Waals surface area contributed by atoms with Crippen LogP contribution in [0.4, 0.5) is 0 Å². The van der Waals surface area contributed by atoms with E-state index in [1.165, 1.54) is 24.1 Å². The molecule has 0 saturated heterocycles. The summed E-state index contributed by atoms with van der Waals surface area (Å²) in [6.45, 7) is 11.8. The Bertz CT molecular complexity index is 519. The summed E-state index contributed by atoms with van der Waals surface area (Å²) in [5.41, 5.74) is 2.48. The quantitative estimate of drug-likeness (QED) is 0.222. The highest BCUT2D eigenvalue weighted by Crippen LogP contribution is 2.19. The van der Waals surface area contributed by atoms with Gasteiger partial charge in [-0.2, -0.15) is 0 Å². The number of unbranched alkanes of at least 4 members (excludes halogenated alkanes) is 1. The van der Waals surface area contributed by atoms with Crippen molar-refractivity contribution in [1.82, 2.24) is 15.5 Å². The fourth-order valence-corrected chi connectivity index (χ4v) is 2.85. The van der Waals surface area contributed by atoms with Gasteiger partial charge in [-0.3, -0.25) is 4.99 Å². The average Bonchev–Trinajstić information content (AvgIpc) is 2.63. The number of aliphatic imine (C=N–C) groups is 1. The maximum atomic E-state index is 5.44. The fraction of sp³-hybridized carbons (Fsp3) is 0.650. The van der Waals surface area contributed by atoms with E-state index >= 15 is 0 Å². The van der Waals surface area contributed by atoms with Crippen LogP contribution in [0.25, 0.3) is 0 Å². The summed E-state index contributed by atoms with van der Waals surface area (Å²) in [7, 11) is 3.54. The predicted octanol–water partition coefficient (Wildman–Crippen LogP) is 3.45. The molecule has 0 saturated carbocycles. The minimum Gasteiger partial charge on any atom is -0.496 e. The third-order valence-electron chi connectivity index (χ3n) is 4.43. The lowest BCUT2D eigenvalue weighted by Crippen LogP contribution is -2.39. The van der Waals surface area contributed by atoms with E-state index < -0.39 is 0 Å². The van der Waals surface area contributed by atoms with Crippen LogP contribution >= 0.6 is 24.0 Å². The standard InChI is InChI=1S/C20H36N4O.HI/c1-6-24(7-2)15-9-8-13-22-20(21-4)23-14-12-18-16-17(3)10-11-19(18)25-5;/h10-11,16H,6-9,12-15H2,1-5H3,(H2,21,22,23);1H. The number of guanidine groups is 1. The molecular weight excluding hydrogens is 439 g/mol. The van der Waals surface area contributed by atoms with E-state index in [2.05, 4.69) is 53.4 Å². The van der Waals surface area contributed by atoms with Gasteiger partial charge >= 0.3 is 0 Å². The number of halogens is 1. The smallest absolute Gasteiger partial charge is 0.190 e. The molecule has 1 rings (SSSR count). The lowest BCUT2D eigenvalue weighted by molar-refractivity contribution is 0.297. The average molecular weight is 476 g/mol. The molecule has 0 aromatic heterocycles. The Morgan fingerprint density at radius 1 is 1.12 bits per heavy atom. The molecule has 1 aromatic rings. The molecule has 0 radical (unpaired) electrons. The van der Waals surface area contributed by atoms with Crippen LogP contribution in [-0.2, 0) is 6.42 Å². The third kappa shape index (κ3) is 9.62. The number of nitrogens with zero attached hydrogens (tertiary/aromatic N) is 2. The second-order valence-electron chi connectivity index (χ2n) is 6.23. The first-order chi connectivity index (χ1) is 12.1. The molecule has 0 spiro atoms. The van der Waals surface area contributed by atoms with Gasteiger partial charge < -0.3 is 20.3 Å². The van der Waals surface area contributed by atoms with Crippen molar-refractivity contribution in [3.05, 3.63) is 29.3 Å². The summed E-state index contributed by atoms with van der Waals surface area (Å²) < 4.78 is 5.44. The highest BCUT2D eigenvalue weighted by Gasteiger charge is 2.04. The van der Waals surface area contributed by atoms with Gasteiger partial charge in [-0.1, -0.05) is 31.5 Å². The minimum absolute atomic E-state index is 0. The molecule has 6 heteroatoms. The highest BCUT2D eigenvalue weighted by atomic mass is 127. The molecule has 150 valence electrons. The highest BCUT2D eigenvalue weighted by molar-refractivity contribution is 14.0. The van der Waals surface area contributed by atoms with Crippen LogP contribution in [0.5, 0.6) is 5.75 Å². The van der Waals surface area contributed by atoms with Crippen LogP contribution in [0.1, 0.15) is 37.8 Å². The Morgan fingerprint density at radius 2 is 1.81 bits per heavy atom. The summed E-state index contributed by atoms with van der Waals surface area (Å²) in [5.74, 6) is 1.82. The van der Waals surface area contributed by atoms with E-state index in [0.717, 1.165) is 50.7 Å². The van der Waals surface area contributed by atoms with E-state index in [0.29, 0.717) is 0 Å². The number of hydrogen-bond donors (Lipinski definition) is 2. The van der Waals surface area contributed by atoms with Gasteiger partial charge in [0.2, 0.25) is 0 Å². The topological polar surface area (TPSA) is 48.9 Å². The normalized spacial score (nSPS) is 11.2. The van der Waals surface area contributed by atoms with E-state index in [1.54, 1.807) is 7.11 Å². The molecule has 26 heavy (non-hydrogen) atoms. The molecule has 2 N–H and O–H groups in total. The van der Waals surface area contributed by atoms with Crippen molar-refractivity contribution < 1.29 is 4.74 Å². The third-order valence-corrected chi connectivity index (χ3v) is 4.43. The Kier molecular flexibility index (Phi) is 14.5. The number of ether oxygens (including phenoxy) is 1. The zero-order valence-electron chi connectivity index (χ0n) is 17.1. The van der Waals surface area contributed by atoms with Gasteiger partial charge in [0.15, 0.2) is 5.96 Å². The van der Waals surface area contributed by atoms with Crippen molar-refractivity contribution in [2.24, 2.45) is 4.99 Å². The van der Waals surface area contributed by atoms with E-state index in [9.17, 15) is 0 Å². The van der Waals surface area contributed by atoms with Gasteiger partial charge in [0.25, 0.3) is 0 Å². The molecule has 0 aliphatic heterocycles. The molecular formula is C20H37IN4O. The molecule has 0 aliphatic rings. The SMILES string of the molecule is CCN(CC)CCCCNC(=NC)NCCc1cc(C)ccc1OC.I. The van der Waals surface area contributed by atoms with Gasteiger partial charge in [0, 0.05) is 20.1 Å². The molecule has 0 atom stereocenters. The summed E-state index contributed by atoms with van der Waals surface area (Å²) in [6, 6.07) is 6.30. The van der Waals surface area contributed by atoms with Crippen molar-refractivity contribution in [3.63, 3.8) is 0 Å². The van der Waals surface area contributed by atoms with Gasteiger partial charge in [0.1, 0.15) is 5.75 Å². The number of rotatable bonds is 11. The van der Waals surface area contributed by atoms with Crippen molar-refractivity contribution >= 4 is 29.9 Å². The van der Waals surface area contributed by atoms with E-state index in [1.807, 2.05) is 13.1 Å². The summed E-state index contributed by atoms with van der Waals surface area (Å²) >= 11 is 0. The Balaban J connectivity index is 0.00000625. The van der Waals surface area contributed by atoms with Crippen LogP contribution < -0.4 is 15.4 Å². The number of hydrogen-bond acceptors (Lipinski definition) is 3. The lowest BCUT2D eigenvalue weighted by atomic mass is 10.1. The van der Waals surface area contributed by atoms with Gasteiger partial charge in [-0.15, -0.1) is 24.0 Å². The van der Waals surface area contributed by atoms with Crippen molar-refractivity contribution in [2.75, 3.05) is 46.9 Å². The van der Waals surface area contributed by atoms with E-state index in [4.69, 9.17) is 4.74 Å². The van der Waals surface area contributed by atoms with Crippen LogP contribution in [0.15, 0.2) is 23.2 Å². The molecule has 5 nitrogen and oxygen atoms in total. The minimum atomic E-state index is 0. The predicted molar refractivity (Wildman–Crippen MR) is 123 cm³/mol. The molecule has 0 fully saturated rings. The van der Waals surface area contributed by atoms with Crippen molar-refractivity contribution in [1.29, 1.82) is 0 Å². The zero-order chi connectivity index (χ0) is 18.5. The molecule has 0 bridgehead atoms. The van der Waals surface area contributed by atoms with Crippen molar-refractivity contribution in [2.45, 2.75) is 40.0 Å².